The van der Waals surface area contributed by atoms with Crippen LogP contribution in [-0.4, -0.2) is 44.2 Å². The van der Waals surface area contributed by atoms with Gasteiger partial charge in [0.25, 0.3) is 0 Å². The van der Waals surface area contributed by atoms with Crippen LogP contribution in [0.3, 0.4) is 0 Å². The summed E-state index contributed by atoms with van der Waals surface area (Å²) >= 11 is 1.80. The fourth-order valence-electron chi connectivity index (χ4n) is 2.43. The Bertz CT molecular complexity index is 414. The average molecular weight is 291 g/mol. The van der Waals surface area contributed by atoms with Gasteiger partial charge in [-0.3, -0.25) is 4.99 Å². The normalized spacial score (nSPS) is 24.8. The molecule has 0 atom stereocenters. The first-order valence-corrected chi connectivity index (χ1v) is 9.27. The van der Waals surface area contributed by atoms with Crippen molar-refractivity contribution in [1.29, 1.82) is 0 Å². The molecule has 104 valence electrons. The van der Waals surface area contributed by atoms with Crippen LogP contribution >= 0.6 is 11.8 Å². The predicted molar refractivity (Wildman–Crippen MR) is 76.6 cm³/mol. The minimum absolute atomic E-state index is 0.314. The Balaban J connectivity index is 1.68. The fourth-order valence-corrected chi connectivity index (χ4v) is 4.19. The predicted octanol–water partition coefficient (Wildman–Crippen LogP) is 0.931. The zero-order chi connectivity index (χ0) is 13.1. The Morgan fingerprint density at radius 2 is 2.17 bits per heavy atom. The number of rotatable bonds is 5. The van der Waals surface area contributed by atoms with Gasteiger partial charge in [0, 0.05) is 24.4 Å². The van der Waals surface area contributed by atoms with Gasteiger partial charge in [-0.05, 0) is 19.3 Å². The monoisotopic (exact) mass is 291 g/mol. The van der Waals surface area contributed by atoms with Gasteiger partial charge in [0.15, 0.2) is 5.17 Å². The summed E-state index contributed by atoms with van der Waals surface area (Å²) in [5.41, 5.74) is 0.314. The van der Waals surface area contributed by atoms with E-state index in [1.54, 1.807) is 11.8 Å². The van der Waals surface area contributed by atoms with E-state index in [2.05, 4.69) is 15.0 Å². The third kappa shape index (κ3) is 4.13. The van der Waals surface area contributed by atoms with Crippen molar-refractivity contribution >= 4 is 27.0 Å². The summed E-state index contributed by atoms with van der Waals surface area (Å²) in [4.78, 5) is 4.50. The van der Waals surface area contributed by atoms with Crippen molar-refractivity contribution in [1.82, 2.24) is 10.0 Å². The van der Waals surface area contributed by atoms with Crippen LogP contribution in [0, 0.1) is 0 Å². The summed E-state index contributed by atoms with van der Waals surface area (Å²) in [6.07, 6.45) is 7.07. The van der Waals surface area contributed by atoms with Crippen molar-refractivity contribution in [2.75, 3.05) is 25.1 Å². The number of amidine groups is 1. The molecule has 1 saturated heterocycles. The van der Waals surface area contributed by atoms with Crippen LogP contribution in [0.15, 0.2) is 4.99 Å². The first-order chi connectivity index (χ1) is 8.49. The van der Waals surface area contributed by atoms with Crippen molar-refractivity contribution in [3.05, 3.63) is 0 Å². The molecule has 0 aromatic carbocycles. The van der Waals surface area contributed by atoms with E-state index in [0.29, 0.717) is 18.6 Å². The van der Waals surface area contributed by atoms with Gasteiger partial charge < -0.3 is 5.32 Å². The highest BCUT2D eigenvalue weighted by Crippen LogP contribution is 2.37. The minimum Gasteiger partial charge on any atom is -0.359 e. The van der Waals surface area contributed by atoms with Gasteiger partial charge in [-0.1, -0.05) is 24.6 Å². The van der Waals surface area contributed by atoms with E-state index in [-0.39, 0.29) is 0 Å². The third-order valence-corrected chi connectivity index (χ3v) is 5.30. The molecule has 2 aliphatic rings. The highest BCUT2D eigenvalue weighted by atomic mass is 32.2. The van der Waals surface area contributed by atoms with Crippen molar-refractivity contribution in [2.45, 2.75) is 37.6 Å². The molecule has 1 aliphatic carbocycles. The standard InChI is InChI=1S/C11H21N3O2S2/c1-18(15,16)13-8-4-7-12-10-14-11(9-17-10)5-2-3-6-11/h13H,2-9H2,1H3,(H,12,14). The third-order valence-electron chi connectivity index (χ3n) is 3.37. The number of nitrogens with one attached hydrogen (secondary N) is 2. The van der Waals surface area contributed by atoms with E-state index in [9.17, 15) is 8.42 Å². The van der Waals surface area contributed by atoms with Crippen LogP contribution in [-0.2, 0) is 10.0 Å². The highest BCUT2D eigenvalue weighted by molar-refractivity contribution is 8.14. The number of hydrogen-bond acceptors (Lipinski definition) is 4. The van der Waals surface area contributed by atoms with Crippen molar-refractivity contribution in [3.63, 3.8) is 0 Å². The average Bonchev–Trinajstić information content (AvgIpc) is 2.88. The highest BCUT2D eigenvalue weighted by Gasteiger charge is 2.39. The molecule has 7 heteroatoms. The number of aliphatic imine (C=N–C) groups is 1. The van der Waals surface area contributed by atoms with Gasteiger partial charge >= 0.3 is 0 Å². The Hall–Kier alpha value is -0.270. The number of nitrogens with zero attached hydrogens (tertiary/aromatic N) is 1. The topological polar surface area (TPSA) is 70.6 Å². The summed E-state index contributed by atoms with van der Waals surface area (Å²) in [5.74, 6) is 1.13. The summed E-state index contributed by atoms with van der Waals surface area (Å²) in [5, 5.41) is 4.59. The molecule has 1 aliphatic heterocycles. The first-order valence-electron chi connectivity index (χ1n) is 6.39. The van der Waals surface area contributed by atoms with Crippen LogP contribution in [0.4, 0.5) is 0 Å². The van der Waals surface area contributed by atoms with Crippen LogP contribution in [0.2, 0.25) is 0 Å². The maximum absolute atomic E-state index is 10.9. The van der Waals surface area contributed by atoms with Crippen LogP contribution < -0.4 is 10.0 Å². The van der Waals surface area contributed by atoms with Gasteiger partial charge in [0.2, 0.25) is 10.0 Å². The Kier molecular flexibility index (Phi) is 4.55. The molecule has 2 N–H and O–H groups in total. The van der Waals surface area contributed by atoms with Crippen molar-refractivity contribution in [3.8, 4) is 0 Å². The number of sulfonamides is 1. The Morgan fingerprint density at radius 3 is 2.83 bits per heavy atom. The molecule has 1 heterocycles. The maximum atomic E-state index is 10.9. The second-order valence-corrected chi connectivity index (χ2v) is 7.91. The lowest BCUT2D eigenvalue weighted by Gasteiger charge is -2.21. The molecule has 0 radical (unpaired) electrons. The van der Waals surface area contributed by atoms with Crippen LogP contribution in [0.5, 0.6) is 0 Å². The van der Waals surface area contributed by atoms with E-state index in [1.165, 1.54) is 31.9 Å². The van der Waals surface area contributed by atoms with Gasteiger partial charge in [0.05, 0.1) is 6.26 Å². The molecule has 0 aromatic heterocycles. The second-order valence-electron chi connectivity index (χ2n) is 5.11. The summed E-state index contributed by atoms with van der Waals surface area (Å²) in [6.45, 7) is 1.14. The smallest absolute Gasteiger partial charge is 0.208 e. The molecule has 0 aromatic rings. The minimum atomic E-state index is -3.06. The van der Waals surface area contributed by atoms with E-state index in [4.69, 9.17) is 0 Å². The first kappa shape index (κ1) is 14.1. The van der Waals surface area contributed by atoms with E-state index in [1.807, 2.05) is 0 Å². The summed E-state index contributed by atoms with van der Waals surface area (Å²) < 4.78 is 24.2. The lowest BCUT2D eigenvalue weighted by Crippen LogP contribution is -2.40. The molecule has 0 bridgehead atoms. The molecule has 1 saturated carbocycles. The molecule has 5 nitrogen and oxygen atoms in total. The molecule has 1 spiro atoms. The van der Waals surface area contributed by atoms with E-state index >= 15 is 0 Å². The second kappa shape index (κ2) is 5.79. The van der Waals surface area contributed by atoms with Crippen molar-refractivity contribution in [2.24, 2.45) is 4.99 Å². The molecular weight excluding hydrogens is 270 g/mol. The molecule has 0 amide bonds. The van der Waals surface area contributed by atoms with Gasteiger partial charge in [-0.15, -0.1) is 0 Å². The molecule has 0 unspecified atom stereocenters. The summed E-state index contributed by atoms with van der Waals surface area (Å²) in [7, 11) is -3.06. The van der Waals surface area contributed by atoms with Gasteiger partial charge in [-0.25, -0.2) is 13.1 Å². The largest absolute Gasteiger partial charge is 0.359 e. The van der Waals surface area contributed by atoms with Gasteiger partial charge in [0.1, 0.15) is 0 Å². The lowest BCUT2D eigenvalue weighted by molar-refractivity contribution is 0.452. The Morgan fingerprint density at radius 1 is 1.44 bits per heavy atom. The van der Waals surface area contributed by atoms with Gasteiger partial charge in [-0.2, -0.15) is 0 Å². The number of hydrogen-bond donors (Lipinski definition) is 2. The lowest BCUT2D eigenvalue weighted by atomic mass is 10.0. The van der Waals surface area contributed by atoms with Crippen LogP contribution in [0.1, 0.15) is 32.1 Å². The SMILES string of the molecule is CS(=O)(=O)NCCCN=C1NC2(CCCC2)CS1. The zero-order valence-electron chi connectivity index (χ0n) is 10.7. The molecule has 18 heavy (non-hydrogen) atoms. The maximum Gasteiger partial charge on any atom is 0.208 e. The Labute approximate surface area is 113 Å². The fraction of sp³-hybridized carbons (Fsp3) is 0.909. The number of thioether (sulfide) groups is 1. The molecule has 2 rings (SSSR count). The van der Waals surface area contributed by atoms with E-state index in [0.717, 1.165) is 17.3 Å². The van der Waals surface area contributed by atoms with Crippen molar-refractivity contribution < 1.29 is 8.42 Å². The zero-order valence-corrected chi connectivity index (χ0v) is 12.4. The molecular formula is C11H21N3O2S2. The van der Waals surface area contributed by atoms with Crippen LogP contribution in [0.25, 0.3) is 0 Å². The quantitative estimate of drug-likeness (QED) is 0.739. The molecule has 2 fully saturated rings. The van der Waals surface area contributed by atoms with E-state index < -0.39 is 10.0 Å². The summed E-state index contributed by atoms with van der Waals surface area (Å²) in [6, 6.07) is 0.